The van der Waals surface area contributed by atoms with Crippen LogP contribution in [0, 0.1) is 0 Å². The summed E-state index contributed by atoms with van der Waals surface area (Å²) in [4.78, 5) is 3.86. The molecular formula is C12H11Cl2N3O2S. The van der Waals surface area contributed by atoms with Crippen molar-refractivity contribution in [1.82, 2.24) is 4.98 Å². The molecule has 0 spiro atoms. The van der Waals surface area contributed by atoms with Gasteiger partial charge in [-0.1, -0.05) is 35.3 Å². The molecule has 3 N–H and O–H groups in total. The van der Waals surface area contributed by atoms with E-state index in [1.807, 2.05) is 0 Å². The van der Waals surface area contributed by atoms with Crippen molar-refractivity contribution >= 4 is 38.9 Å². The molecule has 0 atom stereocenters. The first-order chi connectivity index (χ1) is 9.44. The molecule has 2 aromatic rings. The largest absolute Gasteiger partial charge is 0.326 e. The Morgan fingerprint density at radius 1 is 1.20 bits per heavy atom. The van der Waals surface area contributed by atoms with Crippen molar-refractivity contribution in [2.75, 3.05) is 4.72 Å². The SMILES string of the molecule is NCc1ccc(S(=O)(=O)Nc2cccc(Cl)c2Cl)nc1. The van der Waals surface area contributed by atoms with Crippen LogP contribution in [0.3, 0.4) is 0 Å². The molecule has 0 aliphatic heterocycles. The van der Waals surface area contributed by atoms with E-state index < -0.39 is 10.0 Å². The molecule has 0 aliphatic carbocycles. The van der Waals surface area contributed by atoms with Crippen molar-refractivity contribution in [2.45, 2.75) is 11.6 Å². The Hall–Kier alpha value is -1.34. The first-order valence-corrected chi connectivity index (χ1v) is 7.80. The van der Waals surface area contributed by atoms with Crippen LogP contribution in [0.2, 0.25) is 10.0 Å². The number of nitrogens with zero attached hydrogens (tertiary/aromatic N) is 1. The molecule has 1 heterocycles. The average Bonchev–Trinajstić information content (AvgIpc) is 2.44. The maximum atomic E-state index is 12.2. The van der Waals surface area contributed by atoms with Crippen LogP contribution in [0.1, 0.15) is 5.56 Å². The quantitative estimate of drug-likeness (QED) is 0.901. The zero-order valence-corrected chi connectivity index (χ0v) is 12.5. The van der Waals surface area contributed by atoms with Gasteiger partial charge in [-0.3, -0.25) is 4.72 Å². The maximum Gasteiger partial charge on any atom is 0.279 e. The predicted octanol–water partition coefficient (Wildman–Crippen LogP) is 2.65. The van der Waals surface area contributed by atoms with E-state index in [2.05, 4.69) is 9.71 Å². The van der Waals surface area contributed by atoms with Gasteiger partial charge in [0.1, 0.15) is 0 Å². The number of nitrogens with one attached hydrogen (secondary N) is 1. The Bertz CT molecular complexity index is 718. The first-order valence-electron chi connectivity index (χ1n) is 5.56. The number of benzene rings is 1. The summed E-state index contributed by atoms with van der Waals surface area (Å²) in [5.74, 6) is 0. The molecule has 0 aliphatic rings. The zero-order chi connectivity index (χ0) is 14.8. The lowest BCUT2D eigenvalue weighted by Crippen LogP contribution is -2.15. The van der Waals surface area contributed by atoms with Gasteiger partial charge in [-0.25, -0.2) is 4.98 Å². The van der Waals surface area contributed by atoms with Gasteiger partial charge in [-0.15, -0.1) is 0 Å². The van der Waals surface area contributed by atoms with Crippen LogP contribution in [0.5, 0.6) is 0 Å². The van der Waals surface area contributed by atoms with Crippen LogP contribution in [-0.2, 0) is 16.6 Å². The lowest BCUT2D eigenvalue weighted by atomic mass is 10.3. The summed E-state index contributed by atoms with van der Waals surface area (Å²) in [6.45, 7) is 0.293. The molecule has 2 rings (SSSR count). The number of anilines is 1. The molecule has 0 amide bonds. The molecule has 8 heteroatoms. The molecule has 0 radical (unpaired) electrons. The van der Waals surface area contributed by atoms with Crippen molar-refractivity contribution in [3.05, 3.63) is 52.1 Å². The van der Waals surface area contributed by atoms with Crippen molar-refractivity contribution in [3.8, 4) is 0 Å². The van der Waals surface area contributed by atoms with E-state index in [0.717, 1.165) is 5.56 Å². The third-order valence-corrected chi connectivity index (χ3v) is 4.60. The highest BCUT2D eigenvalue weighted by atomic mass is 35.5. The lowest BCUT2D eigenvalue weighted by Gasteiger charge is -2.10. The minimum absolute atomic E-state index is 0.120. The average molecular weight is 332 g/mol. The molecule has 106 valence electrons. The third-order valence-electron chi connectivity index (χ3n) is 2.50. The van der Waals surface area contributed by atoms with Crippen molar-refractivity contribution in [1.29, 1.82) is 0 Å². The fraction of sp³-hybridized carbons (Fsp3) is 0.0833. The highest BCUT2D eigenvalue weighted by Crippen LogP contribution is 2.30. The van der Waals surface area contributed by atoms with E-state index in [4.69, 9.17) is 28.9 Å². The Morgan fingerprint density at radius 2 is 1.95 bits per heavy atom. The molecule has 0 fully saturated rings. The van der Waals surface area contributed by atoms with Crippen LogP contribution >= 0.6 is 23.2 Å². The summed E-state index contributed by atoms with van der Waals surface area (Å²) in [6, 6.07) is 7.65. The predicted molar refractivity (Wildman–Crippen MR) is 79.4 cm³/mol. The van der Waals surface area contributed by atoms with Gasteiger partial charge in [0, 0.05) is 12.7 Å². The summed E-state index contributed by atoms with van der Waals surface area (Å²) < 4.78 is 26.7. The van der Waals surface area contributed by atoms with E-state index in [1.54, 1.807) is 18.2 Å². The molecule has 1 aromatic carbocycles. The number of halogens is 2. The fourth-order valence-corrected chi connectivity index (χ4v) is 2.88. The Morgan fingerprint density at radius 3 is 2.55 bits per heavy atom. The number of aromatic nitrogens is 1. The molecule has 1 aromatic heterocycles. The van der Waals surface area contributed by atoms with Crippen LogP contribution < -0.4 is 10.5 Å². The van der Waals surface area contributed by atoms with E-state index in [9.17, 15) is 8.42 Å². The number of pyridine rings is 1. The molecule has 0 saturated heterocycles. The Labute approximate surface area is 126 Å². The molecule has 5 nitrogen and oxygen atoms in total. The van der Waals surface area contributed by atoms with Crippen LogP contribution in [0.4, 0.5) is 5.69 Å². The second kappa shape index (κ2) is 5.97. The summed E-state index contributed by atoms with van der Waals surface area (Å²) in [5, 5.41) is 0.278. The van der Waals surface area contributed by atoms with Gasteiger partial charge in [0.05, 0.1) is 15.7 Å². The Balaban J connectivity index is 2.33. The molecule has 20 heavy (non-hydrogen) atoms. The normalized spacial score (nSPS) is 11.3. The lowest BCUT2D eigenvalue weighted by molar-refractivity contribution is 0.597. The van der Waals surface area contributed by atoms with Gasteiger partial charge in [-0.2, -0.15) is 8.42 Å². The first kappa shape index (κ1) is 15.1. The number of hydrogen-bond acceptors (Lipinski definition) is 4. The highest BCUT2D eigenvalue weighted by molar-refractivity contribution is 7.92. The van der Waals surface area contributed by atoms with Crippen LogP contribution in [-0.4, -0.2) is 13.4 Å². The monoisotopic (exact) mass is 331 g/mol. The van der Waals surface area contributed by atoms with Gasteiger partial charge < -0.3 is 5.73 Å². The van der Waals surface area contributed by atoms with Gasteiger partial charge in [-0.05, 0) is 23.8 Å². The highest BCUT2D eigenvalue weighted by Gasteiger charge is 2.17. The van der Waals surface area contributed by atoms with Gasteiger partial charge >= 0.3 is 0 Å². The standard InChI is InChI=1S/C12H11Cl2N3O2S/c13-9-2-1-3-10(12(9)14)17-20(18,19)11-5-4-8(6-15)7-16-11/h1-5,7,17H,6,15H2. The second-order valence-electron chi connectivity index (χ2n) is 3.92. The number of rotatable bonds is 4. The van der Waals surface area contributed by atoms with E-state index >= 15 is 0 Å². The zero-order valence-electron chi connectivity index (χ0n) is 10.2. The van der Waals surface area contributed by atoms with Crippen LogP contribution in [0.15, 0.2) is 41.6 Å². The fourth-order valence-electron chi connectivity index (χ4n) is 1.47. The molecule has 0 bridgehead atoms. The number of hydrogen-bond donors (Lipinski definition) is 2. The van der Waals surface area contributed by atoms with Crippen molar-refractivity contribution in [3.63, 3.8) is 0 Å². The van der Waals surface area contributed by atoms with Crippen molar-refractivity contribution in [2.24, 2.45) is 5.73 Å². The summed E-state index contributed by atoms with van der Waals surface area (Å²) in [7, 11) is -3.82. The van der Waals surface area contributed by atoms with Crippen LogP contribution in [0.25, 0.3) is 0 Å². The minimum atomic E-state index is -3.82. The molecular weight excluding hydrogens is 321 g/mol. The second-order valence-corrected chi connectivity index (χ2v) is 6.33. The number of nitrogens with two attached hydrogens (primary N) is 1. The summed E-state index contributed by atoms with van der Waals surface area (Å²) in [6.07, 6.45) is 1.41. The van der Waals surface area contributed by atoms with Crippen molar-refractivity contribution < 1.29 is 8.42 Å². The number of sulfonamides is 1. The minimum Gasteiger partial charge on any atom is -0.326 e. The summed E-state index contributed by atoms with van der Waals surface area (Å²) >= 11 is 11.8. The van der Waals surface area contributed by atoms with E-state index in [0.29, 0.717) is 6.54 Å². The van der Waals surface area contributed by atoms with Gasteiger partial charge in [0.15, 0.2) is 5.03 Å². The Kier molecular flexibility index (Phi) is 4.49. The maximum absolute atomic E-state index is 12.2. The molecule has 0 unspecified atom stereocenters. The van der Waals surface area contributed by atoms with E-state index in [1.165, 1.54) is 18.3 Å². The van der Waals surface area contributed by atoms with E-state index in [-0.39, 0.29) is 20.8 Å². The molecule has 0 saturated carbocycles. The third kappa shape index (κ3) is 3.21. The van der Waals surface area contributed by atoms with Gasteiger partial charge in [0.25, 0.3) is 10.0 Å². The topological polar surface area (TPSA) is 85.1 Å². The smallest absolute Gasteiger partial charge is 0.279 e. The van der Waals surface area contributed by atoms with Gasteiger partial charge in [0.2, 0.25) is 0 Å². The summed E-state index contributed by atoms with van der Waals surface area (Å²) in [5.41, 5.74) is 6.37.